The standard InChI is InChI=1S/C19H22ClN3/c1-15-5-8-17(13-19(15)20)22-21-14-16-6-9-18(10-7-16)23-11-3-2-4-12-23/h5-10,13-14,22H,2-4,11-12H2,1H3/b21-14-. The van der Waals surface area contributed by atoms with Gasteiger partial charge in [0, 0.05) is 23.8 Å². The number of benzene rings is 2. The molecule has 0 amide bonds. The second-order valence-corrected chi connectivity index (χ2v) is 6.38. The number of anilines is 2. The molecule has 0 atom stereocenters. The van der Waals surface area contributed by atoms with E-state index in [0.29, 0.717) is 0 Å². The maximum atomic E-state index is 6.10. The summed E-state index contributed by atoms with van der Waals surface area (Å²) in [7, 11) is 0. The third kappa shape index (κ3) is 4.26. The molecule has 0 saturated carbocycles. The van der Waals surface area contributed by atoms with E-state index in [1.807, 2.05) is 31.3 Å². The fourth-order valence-corrected chi connectivity index (χ4v) is 2.95. The molecule has 120 valence electrons. The molecule has 1 saturated heterocycles. The lowest BCUT2D eigenvalue weighted by Crippen LogP contribution is -2.29. The van der Waals surface area contributed by atoms with Gasteiger partial charge in [-0.25, -0.2) is 0 Å². The van der Waals surface area contributed by atoms with Crippen LogP contribution < -0.4 is 10.3 Å². The van der Waals surface area contributed by atoms with Crippen LogP contribution in [-0.4, -0.2) is 19.3 Å². The van der Waals surface area contributed by atoms with E-state index in [0.717, 1.165) is 21.8 Å². The number of nitrogens with one attached hydrogen (secondary N) is 1. The number of halogens is 1. The van der Waals surface area contributed by atoms with Crippen LogP contribution in [0.4, 0.5) is 11.4 Å². The van der Waals surface area contributed by atoms with Gasteiger partial charge in [0.2, 0.25) is 0 Å². The maximum absolute atomic E-state index is 6.10. The van der Waals surface area contributed by atoms with Crippen LogP contribution in [0, 0.1) is 6.92 Å². The van der Waals surface area contributed by atoms with Crippen LogP contribution in [0.25, 0.3) is 0 Å². The van der Waals surface area contributed by atoms with Crippen LogP contribution in [0.15, 0.2) is 47.6 Å². The molecule has 0 bridgehead atoms. The Morgan fingerprint density at radius 1 is 1.04 bits per heavy atom. The summed E-state index contributed by atoms with van der Waals surface area (Å²) in [6, 6.07) is 14.4. The average Bonchev–Trinajstić information content (AvgIpc) is 2.59. The van der Waals surface area contributed by atoms with Crippen molar-refractivity contribution in [3.8, 4) is 0 Å². The first-order valence-electron chi connectivity index (χ1n) is 8.12. The van der Waals surface area contributed by atoms with Gasteiger partial charge in [0.05, 0.1) is 11.9 Å². The van der Waals surface area contributed by atoms with Gasteiger partial charge in [0.1, 0.15) is 0 Å². The van der Waals surface area contributed by atoms with Crippen molar-refractivity contribution in [3.63, 3.8) is 0 Å². The topological polar surface area (TPSA) is 27.6 Å². The molecule has 1 aliphatic heterocycles. The average molecular weight is 328 g/mol. The molecule has 3 rings (SSSR count). The quantitative estimate of drug-likeness (QED) is 0.626. The van der Waals surface area contributed by atoms with Gasteiger partial charge in [-0.05, 0) is 61.6 Å². The second kappa shape index (κ2) is 7.51. The minimum absolute atomic E-state index is 0.746. The number of hydrogen-bond donors (Lipinski definition) is 1. The predicted octanol–water partition coefficient (Wildman–Crippen LogP) is 5.08. The van der Waals surface area contributed by atoms with Crippen molar-refractivity contribution >= 4 is 29.2 Å². The Hall–Kier alpha value is -2.00. The number of rotatable bonds is 4. The molecule has 0 aromatic heterocycles. The van der Waals surface area contributed by atoms with Gasteiger partial charge in [-0.1, -0.05) is 29.8 Å². The van der Waals surface area contributed by atoms with E-state index in [1.165, 1.54) is 38.0 Å². The molecule has 1 fully saturated rings. The first-order valence-corrected chi connectivity index (χ1v) is 8.50. The summed E-state index contributed by atoms with van der Waals surface area (Å²) in [5.41, 5.74) is 7.35. The molecule has 1 N–H and O–H groups in total. The molecule has 0 spiro atoms. The van der Waals surface area contributed by atoms with Crippen molar-refractivity contribution < 1.29 is 0 Å². The summed E-state index contributed by atoms with van der Waals surface area (Å²) >= 11 is 6.10. The lowest BCUT2D eigenvalue weighted by Gasteiger charge is -2.28. The first-order chi connectivity index (χ1) is 11.2. The third-order valence-corrected chi connectivity index (χ3v) is 4.60. The highest BCUT2D eigenvalue weighted by Gasteiger charge is 2.10. The van der Waals surface area contributed by atoms with Crippen molar-refractivity contribution in [3.05, 3.63) is 58.6 Å². The van der Waals surface area contributed by atoms with Crippen molar-refractivity contribution in [1.82, 2.24) is 0 Å². The zero-order valence-corrected chi connectivity index (χ0v) is 14.2. The lowest BCUT2D eigenvalue weighted by atomic mass is 10.1. The third-order valence-electron chi connectivity index (χ3n) is 4.19. The number of hydrazone groups is 1. The van der Waals surface area contributed by atoms with E-state index in [1.54, 1.807) is 0 Å². The Kier molecular flexibility index (Phi) is 5.19. The smallest absolute Gasteiger partial charge is 0.0576 e. The van der Waals surface area contributed by atoms with Crippen molar-refractivity contribution in [2.75, 3.05) is 23.4 Å². The van der Waals surface area contributed by atoms with Gasteiger partial charge in [-0.15, -0.1) is 0 Å². The summed E-state index contributed by atoms with van der Waals surface area (Å²) < 4.78 is 0. The van der Waals surface area contributed by atoms with E-state index in [-0.39, 0.29) is 0 Å². The zero-order chi connectivity index (χ0) is 16.1. The minimum Gasteiger partial charge on any atom is -0.372 e. The van der Waals surface area contributed by atoms with Crippen LogP contribution in [0.1, 0.15) is 30.4 Å². The highest BCUT2D eigenvalue weighted by Crippen LogP contribution is 2.21. The monoisotopic (exact) mass is 327 g/mol. The summed E-state index contributed by atoms with van der Waals surface area (Å²) in [6.45, 7) is 4.33. The van der Waals surface area contributed by atoms with E-state index in [2.05, 4.69) is 39.7 Å². The Balaban J connectivity index is 1.60. The second-order valence-electron chi connectivity index (χ2n) is 5.97. The molecule has 0 aliphatic carbocycles. The highest BCUT2D eigenvalue weighted by atomic mass is 35.5. The van der Waals surface area contributed by atoms with E-state index in [9.17, 15) is 0 Å². The minimum atomic E-state index is 0.746. The normalized spacial score (nSPS) is 15.1. The van der Waals surface area contributed by atoms with Crippen LogP contribution in [-0.2, 0) is 0 Å². The molecular weight excluding hydrogens is 306 g/mol. The molecule has 2 aromatic carbocycles. The van der Waals surface area contributed by atoms with Gasteiger partial charge in [0.25, 0.3) is 0 Å². The summed E-state index contributed by atoms with van der Waals surface area (Å²) in [5, 5.41) is 5.02. The highest BCUT2D eigenvalue weighted by molar-refractivity contribution is 6.31. The van der Waals surface area contributed by atoms with Gasteiger partial charge < -0.3 is 4.90 Å². The number of hydrogen-bond acceptors (Lipinski definition) is 3. The van der Waals surface area contributed by atoms with Crippen molar-refractivity contribution in [2.45, 2.75) is 26.2 Å². The lowest BCUT2D eigenvalue weighted by molar-refractivity contribution is 0.578. The molecular formula is C19H22ClN3. The summed E-state index contributed by atoms with van der Waals surface area (Å²) in [4.78, 5) is 2.46. The van der Waals surface area contributed by atoms with Gasteiger partial charge in [-0.3, -0.25) is 5.43 Å². The Morgan fingerprint density at radius 2 is 1.78 bits per heavy atom. The molecule has 1 aliphatic rings. The Bertz CT molecular complexity index is 674. The van der Waals surface area contributed by atoms with Crippen LogP contribution >= 0.6 is 11.6 Å². The van der Waals surface area contributed by atoms with Gasteiger partial charge >= 0.3 is 0 Å². The van der Waals surface area contributed by atoms with Gasteiger partial charge in [-0.2, -0.15) is 5.10 Å². The number of piperidine rings is 1. The molecule has 23 heavy (non-hydrogen) atoms. The number of aryl methyl sites for hydroxylation is 1. The fourth-order valence-electron chi connectivity index (χ4n) is 2.77. The molecule has 0 unspecified atom stereocenters. The predicted molar refractivity (Wildman–Crippen MR) is 99.9 cm³/mol. The van der Waals surface area contributed by atoms with Crippen LogP contribution in [0.3, 0.4) is 0 Å². The van der Waals surface area contributed by atoms with Crippen molar-refractivity contribution in [1.29, 1.82) is 0 Å². The first kappa shape index (κ1) is 15.9. The van der Waals surface area contributed by atoms with Crippen LogP contribution in [0.2, 0.25) is 5.02 Å². The van der Waals surface area contributed by atoms with Crippen molar-refractivity contribution in [2.24, 2.45) is 5.10 Å². The molecule has 1 heterocycles. The van der Waals surface area contributed by atoms with E-state index >= 15 is 0 Å². The number of nitrogens with zero attached hydrogens (tertiary/aromatic N) is 2. The molecule has 2 aromatic rings. The largest absolute Gasteiger partial charge is 0.372 e. The SMILES string of the molecule is Cc1ccc(N/N=C\c2ccc(N3CCCCC3)cc2)cc1Cl. The maximum Gasteiger partial charge on any atom is 0.0576 e. The van der Waals surface area contributed by atoms with Gasteiger partial charge in [0.15, 0.2) is 0 Å². The molecule has 0 radical (unpaired) electrons. The van der Waals surface area contributed by atoms with E-state index in [4.69, 9.17) is 11.6 Å². The summed E-state index contributed by atoms with van der Waals surface area (Å²) in [5.74, 6) is 0. The Morgan fingerprint density at radius 3 is 2.48 bits per heavy atom. The summed E-state index contributed by atoms with van der Waals surface area (Å²) in [6.07, 6.45) is 5.78. The zero-order valence-electron chi connectivity index (χ0n) is 13.4. The molecule has 3 nitrogen and oxygen atoms in total. The van der Waals surface area contributed by atoms with Crippen LogP contribution in [0.5, 0.6) is 0 Å². The van der Waals surface area contributed by atoms with E-state index < -0.39 is 0 Å². The fraction of sp³-hybridized carbons (Fsp3) is 0.316. The Labute approximate surface area is 143 Å². The molecule has 4 heteroatoms.